The van der Waals surface area contributed by atoms with Gasteiger partial charge in [-0.1, -0.05) is 19.3 Å². The Hall–Kier alpha value is -1.36. The van der Waals surface area contributed by atoms with Crippen LogP contribution in [0.1, 0.15) is 58.6 Å². The predicted molar refractivity (Wildman–Crippen MR) is 81.8 cm³/mol. The zero-order valence-electron chi connectivity index (χ0n) is 12.1. The molecular weight excluding hydrogens is 286 g/mol. The number of carboxylic acids is 1. The van der Waals surface area contributed by atoms with E-state index in [-0.39, 0.29) is 5.91 Å². The average Bonchev–Trinajstić information content (AvgIpc) is 3.22. The van der Waals surface area contributed by atoms with Gasteiger partial charge in [-0.05, 0) is 49.7 Å². The molecule has 21 heavy (non-hydrogen) atoms. The van der Waals surface area contributed by atoms with Crippen molar-refractivity contribution in [3.63, 3.8) is 0 Å². The van der Waals surface area contributed by atoms with Crippen LogP contribution in [0.3, 0.4) is 0 Å². The van der Waals surface area contributed by atoms with Gasteiger partial charge in [0.1, 0.15) is 6.04 Å². The molecule has 1 fully saturated rings. The Morgan fingerprint density at radius 2 is 2.05 bits per heavy atom. The first-order chi connectivity index (χ1) is 10.1. The molecule has 0 saturated heterocycles. The second kappa shape index (κ2) is 6.18. The standard InChI is InChI=1S/C16H21NO3S/c18-15(17-12(16(19)20)8-10-6-7-10)14-9-11-4-2-1-3-5-13(11)21-14/h9-10,12H,1-8H2,(H,17,18)(H,19,20). The topological polar surface area (TPSA) is 66.4 Å². The molecule has 1 amide bonds. The number of thiophene rings is 1. The quantitative estimate of drug-likeness (QED) is 0.822. The van der Waals surface area contributed by atoms with Crippen LogP contribution >= 0.6 is 11.3 Å². The van der Waals surface area contributed by atoms with E-state index in [1.165, 1.54) is 29.7 Å². The average molecular weight is 307 g/mol. The molecule has 0 aliphatic heterocycles. The van der Waals surface area contributed by atoms with Gasteiger partial charge in [0.05, 0.1) is 4.88 Å². The van der Waals surface area contributed by atoms with E-state index in [1.54, 1.807) is 11.3 Å². The number of rotatable bonds is 5. The molecule has 1 aromatic rings. The maximum absolute atomic E-state index is 12.3. The highest BCUT2D eigenvalue weighted by molar-refractivity contribution is 7.14. The zero-order chi connectivity index (χ0) is 14.8. The number of carboxylic acid groups (broad SMARTS) is 1. The van der Waals surface area contributed by atoms with Gasteiger partial charge >= 0.3 is 5.97 Å². The van der Waals surface area contributed by atoms with Gasteiger partial charge in [0.2, 0.25) is 0 Å². The summed E-state index contributed by atoms with van der Waals surface area (Å²) in [7, 11) is 0. The normalized spacial score (nSPS) is 19.4. The lowest BCUT2D eigenvalue weighted by atomic mass is 10.1. The molecule has 1 saturated carbocycles. The molecule has 1 aromatic heterocycles. The van der Waals surface area contributed by atoms with Gasteiger partial charge in [-0.2, -0.15) is 0 Å². The van der Waals surface area contributed by atoms with E-state index in [2.05, 4.69) is 5.32 Å². The van der Waals surface area contributed by atoms with E-state index in [1.807, 2.05) is 6.07 Å². The number of hydrogen-bond donors (Lipinski definition) is 2. The lowest BCUT2D eigenvalue weighted by molar-refractivity contribution is -0.139. The number of carbonyl (C=O) groups is 2. The second-order valence-electron chi connectivity index (χ2n) is 6.16. The Morgan fingerprint density at radius 3 is 2.76 bits per heavy atom. The highest BCUT2D eigenvalue weighted by Gasteiger charge is 2.30. The Morgan fingerprint density at radius 1 is 1.29 bits per heavy atom. The number of hydrogen-bond acceptors (Lipinski definition) is 3. The summed E-state index contributed by atoms with van der Waals surface area (Å²) in [6.45, 7) is 0. The Labute approximate surface area is 128 Å². The van der Waals surface area contributed by atoms with Crippen LogP contribution in [-0.2, 0) is 17.6 Å². The number of nitrogens with one attached hydrogen (secondary N) is 1. The van der Waals surface area contributed by atoms with Crippen LogP contribution in [0.2, 0.25) is 0 Å². The number of aryl methyl sites for hydroxylation is 2. The van der Waals surface area contributed by atoms with Crippen LogP contribution < -0.4 is 5.32 Å². The molecule has 2 aliphatic rings. The van der Waals surface area contributed by atoms with Gasteiger partial charge < -0.3 is 10.4 Å². The van der Waals surface area contributed by atoms with Crippen molar-refractivity contribution in [2.24, 2.45) is 5.92 Å². The van der Waals surface area contributed by atoms with Gasteiger partial charge in [0.15, 0.2) is 0 Å². The number of fused-ring (bicyclic) bond motifs is 1. The van der Waals surface area contributed by atoms with Crippen molar-refractivity contribution in [2.75, 3.05) is 0 Å². The molecule has 0 bridgehead atoms. The van der Waals surface area contributed by atoms with E-state index in [0.29, 0.717) is 17.2 Å². The fourth-order valence-corrected chi connectivity index (χ4v) is 4.07. The number of amides is 1. The van der Waals surface area contributed by atoms with Crippen LogP contribution in [-0.4, -0.2) is 23.0 Å². The molecule has 2 N–H and O–H groups in total. The first kappa shape index (κ1) is 14.6. The molecule has 1 unspecified atom stereocenters. The summed E-state index contributed by atoms with van der Waals surface area (Å²) in [6.07, 6.45) is 8.47. The minimum atomic E-state index is -0.923. The largest absolute Gasteiger partial charge is 0.480 e. The van der Waals surface area contributed by atoms with Crippen LogP contribution in [0.4, 0.5) is 0 Å². The second-order valence-corrected chi connectivity index (χ2v) is 7.30. The molecule has 1 heterocycles. The van der Waals surface area contributed by atoms with Crippen molar-refractivity contribution >= 4 is 23.2 Å². The highest BCUT2D eigenvalue weighted by Crippen LogP contribution is 2.34. The molecule has 0 radical (unpaired) electrons. The summed E-state index contributed by atoms with van der Waals surface area (Å²) in [6, 6.07) is 1.23. The summed E-state index contributed by atoms with van der Waals surface area (Å²) in [5.74, 6) is -0.666. The third kappa shape index (κ3) is 3.64. The van der Waals surface area contributed by atoms with Crippen molar-refractivity contribution in [1.82, 2.24) is 5.32 Å². The SMILES string of the molecule is O=C(NC(CC1CC1)C(=O)O)c1cc2c(s1)CCCCC2. The first-order valence-electron chi connectivity index (χ1n) is 7.78. The first-order valence-corrected chi connectivity index (χ1v) is 8.60. The van der Waals surface area contributed by atoms with Crippen LogP contribution in [0.25, 0.3) is 0 Å². The van der Waals surface area contributed by atoms with Crippen molar-refractivity contribution < 1.29 is 14.7 Å². The maximum Gasteiger partial charge on any atom is 0.326 e. The van der Waals surface area contributed by atoms with Crippen molar-refractivity contribution in [3.8, 4) is 0 Å². The minimum absolute atomic E-state index is 0.221. The van der Waals surface area contributed by atoms with E-state index >= 15 is 0 Å². The van der Waals surface area contributed by atoms with Crippen LogP contribution in [0.15, 0.2) is 6.07 Å². The number of carbonyl (C=O) groups excluding carboxylic acids is 1. The molecular formula is C16H21NO3S. The van der Waals surface area contributed by atoms with E-state index < -0.39 is 12.0 Å². The summed E-state index contributed by atoms with van der Waals surface area (Å²) in [5, 5.41) is 11.9. The molecule has 1 atom stereocenters. The lowest BCUT2D eigenvalue weighted by Gasteiger charge is -2.13. The van der Waals surface area contributed by atoms with Gasteiger partial charge in [-0.3, -0.25) is 4.79 Å². The third-order valence-electron chi connectivity index (χ3n) is 4.34. The fourth-order valence-electron chi connectivity index (χ4n) is 2.92. The monoisotopic (exact) mass is 307 g/mol. The molecule has 114 valence electrons. The van der Waals surface area contributed by atoms with Crippen molar-refractivity contribution in [2.45, 2.75) is 57.4 Å². The van der Waals surface area contributed by atoms with E-state index in [9.17, 15) is 14.7 Å². The Bertz CT molecular complexity index is 524. The highest BCUT2D eigenvalue weighted by atomic mass is 32.1. The van der Waals surface area contributed by atoms with Crippen molar-refractivity contribution in [1.29, 1.82) is 0 Å². The molecule has 3 rings (SSSR count). The minimum Gasteiger partial charge on any atom is -0.480 e. The van der Waals surface area contributed by atoms with E-state index in [4.69, 9.17) is 0 Å². The van der Waals surface area contributed by atoms with Crippen molar-refractivity contribution in [3.05, 3.63) is 21.4 Å². The Balaban J connectivity index is 1.67. The molecule has 0 aromatic carbocycles. The molecule has 5 heteroatoms. The van der Waals surface area contributed by atoms with Gasteiger partial charge in [-0.25, -0.2) is 4.79 Å². The lowest BCUT2D eigenvalue weighted by Crippen LogP contribution is -2.40. The molecule has 2 aliphatic carbocycles. The fraction of sp³-hybridized carbons (Fsp3) is 0.625. The summed E-state index contributed by atoms with van der Waals surface area (Å²) < 4.78 is 0. The predicted octanol–water partition coefficient (Wildman–Crippen LogP) is 3.00. The van der Waals surface area contributed by atoms with Gasteiger partial charge in [0, 0.05) is 4.88 Å². The zero-order valence-corrected chi connectivity index (χ0v) is 12.9. The number of aliphatic carboxylic acids is 1. The van der Waals surface area contributed by atoms with Gasteiger partial charge in [-0.15, -0.1) is 11.3 Å². The summed E-state index contributed by atoms with van der Waals surface area (Å²) in [4.78, 5) is 25.5. The molecule has 0 spiro atoms. The molecule has 4 nitrogen and oxygen atoms in total. The van der Waals surface area contributed by atoms with Gasteiger partial charge in [0.25, 0.3) is 5.91 Å². The maximum atomic E-state index is 12.3. The Kier molecular flexibility index (Phi) is 4.29. The van der Waals surface area contributed by atoms with Crippen LogP contribution in [0, 0.1) is 5.92 Å². The van der Waals surface area contributed by atoms with Crippen LogP contribution in [0.5, 0.6) is 0 Å². The summed E-state index contributed by atoms with van der Waals surface area (Å²) >= 11 is 1.54. The van der Waals surface area contributed by atoms with E-state index in [0.717, 1.165) is 25.7 Å². The third-order valence-corrected chi connectivity index (χ3v) is 5.58. The smallest absolute Gasteiger partial charge is 0.326 e. The summed E-state index contributed by atoms with van der Waals surface area (Å²) in [5.41, 5.74) is 1.29.